The molecule has 0 aliphatic heterocycles. The zero-order valence-corrected chi connectivity index (χ0v) is 6.41. The number of nitrogens with zero attached hydrogens (tertiary/aromatic N) is 1. The summed E-state index contributed by atoms with van der Waals surface area (Å²) in [5, 5.41) is 9.21. The summed E-state index contributed by atoms with van der Waals surface area (Å²) in [5.74, 6) is 0.493. The Hall–Kier alpha value is -1.31. The first-order chi connectivity index (χ1) is 5.36. The summed E-state index contributed by atoms with van der Waals surface area (Å²) in [7, 11) is 0. The molecule has 2 heteroatoms. The average Bonchev–Trinajstić information content (AvgIpc) is 2.31. The molecule has 56 valence electrons. The molecule has 1 heterocycles. The molecule has 1 unspecified atom stereocenters. The number of aromatic nitrogens is 2. The molecule has 1 N–H and O–H groups in total. The molecular weight excluding hydrogens is 136 g/mol. The van der Waals surface area contributed by atoms with Crippen LogP contribution in [-0.2, 0) is 0 Å². The molecule has 0 aromatic carbocycles. The molecule has 0 spiro atoms. The average molecular weight is 146 g/mol. The quantitative estimate of drug-likeness (QED) is 0.555. The van der Waals surface area contributed by atoms with E-state index < -0.39 is 0 Å². The van der Waals surface area contributed by atoms with E-state index >= 15 is 0 Å². The Labute approximate surface area is 64.9 Å². The van der Waals surface area contributed by atoms with Crippen LogP contribution in [0.1, 0.15) is 6.92 Å². The molecule has 0 radical (unpaired) electrons. The fourth-order valence-electron chi connectivity index (χ4n) is 1.22. The Morgan fingerprint density at radius 1 is 1.55 bits per heavy atom. The summed E-state index contributed by atoms with van der Waals surface area (Å²) in [6.07, 6.45) is 10.3. The molecule has 2 rings (SSSR count). The van der Waals surface area contributed by atoms with Gasteiger partial charge in [0.25, 0.3) is 0 Å². The fourth-order valence-corrected chi connectivity index (χ4v) is 1.22. The molecule has 1 aliphatic rings. The minimum Gasteiger partial charge on any atom is -0.278 e. The van der Waals surface area contributed by atoms with Gasteiger partial charge in [0.05, 0.1) is 11.5 Å². The van der Waals surface area contributed by atoms with Crippen LogP contribution >= 0.6 is 0 Å². The Morgan fingerprint density at radius 3 is 3.36 bits per heavy atom. The highest BCUT2D eigenvalue weighted by molar-refractivity contribution is 5.43. The number of aromatic amines is 1. The van der Waals surface area contributed by atoms with Gasteiger partial charge in [0.1, 0.15) is 0 Å². The topological polar surface area (TPSA) is 28.7 Å². The second kappa shape index (κ2) is 2.38. The largest absolute Gasteiger partial charge is 0.278 e. The molecular formula is C9H10N2. The van der Waals surface area contributed by atoms with Crippen LogP contribution in [0.15, 0.2) is 18.3 Å². The van der Waals surface area contributed by atoms with Gasteiger partial charge in [-0.25, -0.2) is 0 Å². The lowest BCUT2D eigenvalue weighted by molar-refractivity contribution is 0.977. The number of nitrogens with one attached hydrogen (secondary N) is 1. The van der Waals surface area contributed by atoms with Crippen molar-refractivity contribution in [2.24, 2.45) is 5.92 Å². The van der Waals surface area contributed by atoms with Crippen molar-refractivity contribution in [1.29, 1.82) is 0 Å². The van der Waals surface area contributed by atoms with E-state index in [9.17, 15) is 0 Å². The van der Waals surface area contributed by atoms with Gasteiger partial charge < -0.3 is 0 Å². The molecule has 0 fully saturated rings. The van der Waals surface area contributed by atoms with Crippen LogP contribution < -0.4 is 10.6 Å². The summed E-state index contributed by atoms with van der Waals surface area (Å²) in [4.78, 5) is 0. The fraction of sp³-hybridized carbons (Fsp3) is 0.222. The smallest absolute Gasteiger partial charge is 0.0616 e. The SMILES string of the molecule is CC1C=CC=c2cn[nH]c2=C1. The van der Waals surface area contributed by atoms with Crippen LogP contribution in [0.3, 0.4) is 0 Å². The number of hydrogen-bond donors (Lipinski definition) is 1. The maximum Gasteiger partial charge on any atom is 0.0616 e. The number of hydrogen-bond acceptors (Lipinski definition) is 1. The van der Waals surface area contributed by atoms with Gasteiger partial charge in [-0.1, -0.05) is 31.2 Å². The highest BCUT2D eigenvalue weighted by atomic mass is 15.1. The van der Waals surface area contributed by atoms with Crippen molar-refractivity contribution >= 4 is 12.2 Å². The third kappa shape index (κ3) is 1.11. The van der Waals surface area contributed by atoms with E-state index in [0.29, 0.717) is 5.92 Å². The minimum atomic E-state index is 0.493. The third-order valence-electron chi connectivity index (χ3n) is 1.82. The van der Waals surface area contributed by atoms with Crippen molar-refractivity contribution in [3.8, 4) is 0 Å². The van der Waals surface area contributed by atoms with Crippen molar-refractivity contribution in [2.45, 2.75) is 6.92 Å². The van der Waals surface area contributed by atoms with E-state index in [2.05, 4.69) is 41.4 Å². The maximum absolute atomic E-state index is 3.96. The molecule has 11 heavy (non-hydrogen) atoms. The van der Waals surface area contributed by atoms with Gasteiger partial charge in [0.2, 0.25) is 0 Å². The van der Waals surface area contributed by atoms with Crippen LogP contribution in [-0.4, -0.2) is 10.2 Å². The predicted molar refractivity (Wildman–Crippen MR) is 45.1 cm³/mol. The lowest BCUT2D eigenvalue weighted by atomic mass is 10.2. The highest BCUT2D eigenvalue weighted by Gasteiger charge is 1.94. The Morgan fingerprint density at radius 2 is 2.45 bits per heavy atom. The summed E-state index contributed by atoms with van der Waals surface area (Å²) in [6, 6.07) is 0. The predicted octanol–water partition coefficient (Wildman–Crippen LogP) is 0.177. The molecule has 0 saturated carbocycles. The van der Waals surface area contributed by atoms with Crippen LogP contribution in [0.25, 0.3) is 12.2 Å². The first kappa shape index (κ1) is 6.40. The van der Waals surface area contributed by atoms with Crippen molar-refractivity contribution in [1.82, 2.24) is 10.2 Å². The Bertz CT molecular complexity index is 384. The highest BCUT2D eigenvalue weighted by Crippen LogP contribution is 1.99. The number of allylic oxidation sites excluding steroid dienone is 2. The van der Waals surface area contributed by atoms with E-state index in [1.165, 1.54) is 5.22 Å². The summed E-state index contributed by atoms with van der Waals surface area (Å²) in [6.45, 7) is 2.15. The molecule has 0 amide bonds. The number of H-pyrrole nitrogens is 1. The minimum absolute atomic E-state index is 0.493. The van der Waals surface area contributed by atoms with Crippen LogP contribution in [0.5, 0.6) is 0 Å². The van der Waals surface area contributed by atoms with E-state index in [-0.39, 0.29) is 0 Å². The van der Waals surface area contributed by atoms with Gasteiger partial charge in [0, 0.05) is 5.22 Å². The summed E-state index contributed by atoms with van der Waals surface area (Å²) >= 11 is 0. The second-order valence-electron chi connectivity index (χ2n) is 2.82. The van der Waals surface area contributed by atoms with Gasteiger partial charge in [-0.05, 0) is 5.92 Å². The van der Waals surface area contributed by atoms with E-state index in [0.717, 1.165) is 5.35 Å². The summed E-state index contributed by atoms with van der Waals surface area (Å²) in [5.41, 5.74) is 0. The lowest BCUT2D eigenvalue weighted by Gasteiger charge is -1.91. The molecule has 0 saturated heterocycles. The maximum atomic E-state index is 3.96. The van der Waals surface area contributed by atoms with Crippen LogP contribution in [0.4, 0.5) is 0 Å². The molecule has 1 aromatic heterocycles. The van der Waals surface area contributed by atoms with Crippen molar-refractivity contribution in [2.75, 3.05) is 0 Å². The molecule has 1 aliphatic carbocycles. The summed E-state index contributed by atoms with van der Waals surface area (Å²) < 4.78 is 0. The first-order valence-corrected chi connectivity index (χ1v) is 3.76. The molecule has 1 aromatic rings. The van der Waals surface area contributed by atoms with Crippen LogP contribution in [0, 0.1) is 5.92 Å². The van der Waals surface area contributed by atoms with E-state index in [1.54, 1.807) is 0 Å². The first-order valence-electron chi connectivity index (χ1n) is 3.76. The van der Waals surface area contributed by atoms with Crippen molar-refractivity contribution in [3.63, 3.8) is 0 Å². The van der Waals surface area contributed by atoms with Gasteiger partial charge in [-0.3, -0.25) is 5.10 Å². The number of rotatable bonds is 0. The van der Waals surface area contributed by atoms with Gasteiger partial charge in [-0.15, -0.1) is 0 Å². The van der Waals surface area contributed by atoms with Gasteiger partial charge in [0.15, 0.2) is 0 Å². The normalized spacial score (nSPS) is 21.4. The van der Waals surface area contributed by atoms with Gasteiger partial charge >= 0.3 is 0 Å². The molecule has 2 nitrogen and oxygen atoms in total. The van der Waals surface area contributed by atoms with Crippen molar-refractivity contribution < 1.29 is 0 Å². The molecule has 1 atom stereocenters. The van der Waals surface area contributed by atoms with Crippen LogP contribution in [0.2, 0.25) is 0 Å². The zero-order chi connectivity index (χ0) is 7.68. The standard InChI is InChI=1S/C9H10N2/c1-7-3-2-4-8-6-10-11-9(8)5-7/h2-7,11H,1H3. The molecule has 0 bridgehead atoms. The van der Waals surface area contributed by atoms with E-state index in [1.807, 2.05) is 6.20 Å². The van der Waals surface area contributed by atoms with E-state index in [4.69, 9.17) is 0 Å². The second-order valence-corrected chi connectivity index (χ2v) is 2.82. The Balaban J connectivity index is 2.74. The monoisotopic (exact) mass is 146 g/mol. The lowest BCUT2D eigenvalue weighted by Crippen LogP contribution is -2.21. The zero-order valence-electron chi connectivity index (χ0n) is 6.41. The Kier molecular flexibility index (Phi) is 1.39. The van der Waals surface area contributed by atoms with Gasteiger partial charge in [-0.2, -0.15) is 5.10 Å². The number of fused-ring (bicyclic) bond motifs is 1. The third-order valence-corrected chi connectivity index (χ3v) is 1.82. The van der Waals surface area contributed by atoms with Crippen molar-refractivity contribution in [3.05, 3.63) is 28.9 Å².